The van der Waals surface area contributed by atoms with Crippen LogP contribution >= 0.6 is 0 Å². The van der Waals surface area contributed by atoms with Crippen LogP contribution in [0.3, 0.4) is 0 Å². The van der Waals surface area contributed by atoms with Crippen LogP contribution in [0, 0.1) is 6.92 Å². The molecule has 2 rings (SSSR count). The summed E-state index contributed by atoms with van der Waals surface area (Å²) in [4.78, 5) is 15.5. The Bertz CT molecular complexity index is 564. The van der Waals surface area contributed by atoms with Crippen molar-refractivity contribution >= 4 is 12.1 Å². The van der Waals surface area contributed by atoms with E-state index >= 15 is 0 Å². The lowest BCUT2D eigenvalue weighted by molar-refractivity contribution is 0.0955. The Morgan fingerprint density at radius 1 is 1.28 bits per heavy atom. The van der Waals surface area contributed by atoms with Gasteiger partial charge in [0.2, 0.25) is 0 Å². The van der Waals surface area contributed by atoms with Crippen molar-refractivity contribution in [3.63, 3.8) is 0 Å². The van der Waals surface area contributed by atoms with Crippen LogP contribution in [-0.4, -0.2) is 17.1 Å². The number of pyridine rings is 1. The largest absolute Gasteiger partial charge is 0.271 e. The van der Waals surface area contributed by atoms with Crippen LogP contribution in [0.25, 0.3) is 0 Å². The van der Waals surface area contributed by atoms with Crippen molar-refractivity contribution < 1.29 is 4.79 Å². The van der Waals surface area contributed by atoms with Gasteiger partial charge in [0.1, 0.15) is 0 Å². The Hall–Kier alpha value is -2.49. The lowest BCUT2D eigenvalue weighted by atomic mass is 10.2. The summed E-state index contributed by atoms with van der Waals surface area (Å²) >= 11 is 0. The average molecular weight is 239 g/mol. The molecule has 0 bridgehead atoms. The summed E-state index contributed by atoms with van der Waals surface area (Å²) in [6, 6.07) is 11.1. The lowest BCUT2D eigenvalue weighted by Crippen LogP contribution is -2.17. The molecule has 0 atom stereocenters. The van der Waals surface area contributed by atoms with Gasteiger partial charge < -0.3 is 0 Å². The summed E-state index contributed by atoms with van der Waals surface area (Å²) in [6.45, 7) is 2.01. The minimum atomic E-state index is -0.249. The molecule has 0 fully saturated rings. The summed E-state index contributed by atoms with van der Waals surface area (Å²) in [7, 11) is 0. The van der Waals surface area contributed by atoms with Gasteiger partial charge in [0, 0.05) is 18.0 Å². The number of carbonyl (C=O) groups is 1. The van der Waals surface area contributed by atoms with Crippen molar-refractivity contribution in [2.24, 2.45) is 5.10 Å². The van der Waals surface area contributed by atoms with Crippen molar-refractivity contribution in [1.82, 2.24) is 10.4 Å². The van der Waals surface area contributed by atoms with Crippen molar-refractivity contribution in [2.45, 2.75) is 6.92 Å². The van der Waals surface area contributed by atoms with Crippen LogP contribution in [0.5, 0.6) is 0 Å². The zero-order valence-electron chi connectivity index (χ0n) is 10.00. The van der Waals surface area contributed by atoms with Gasteiger partial charge in [0.05, 0.1) is 6.21 Å². The fourth-order valence-corrected chi connectivity index (χ4v) is 1.48. The molecule has 0 saturated carbocycles. The molecule has 0 spiro atoms. The van der Waals surface area contributed by atoms with Crippen molar-refractivity contribution in [3.05, 3.63) is 65.5 Å². The molecule has 4 heteroatoms. The number of aromatic nitrogens is 1. The number of hydrogen-bond acceptors (Lipinski definition) is 3. The quantitative estimate of drug-likeness (QED) is 0.659. The van der Waals surface area contributed by atoms with E-state index in [9.17, 15) is 4.79 Å². The van der Waals surface area contributed by atoms with Gasteiger partial charge in [-0.2, -0.15) is 5.10 Å². The third-order valence-electron chi connectivity index (χ3n) is 2.36. The van der Waals surface area contributed by atoms with Gasteiger partial charge in [-0.05, 0) is 24.6 Å². The fourth-order valence-electron chi connectivity index (χ4n) is 1.48. The molecular formula is C14H13N3O. The number of aryl methyl sites for hydroxylation is 1. The second kappa shape index (κ2) is 5.72. The first kappa shape index (κ1) is 12.0. The first-order valence-electron chi connectivity index (χ1n) is 5.56. The molecule has 0 radical (unpaired) electrons. The molecule has 1 aromatic heterocycles. The maximum absolute atomic E-state index is 11.6. The maximum Gasteiger partial charge on any atom is 0.271 e. The summed E-state index contributed by atoms with van der Waals surface area (Å²) in [5, 5.41) is 3.91. The zero-order valence-corrected chi connectivity index (χ0v) is 10.00. The van der Waals surface area contributed by atoms with Crippen LogP contribution in [-0.2, 0) is 0 Å². The summed E-state index contributed by atoms with van der Waals surface area (Å²) in [5.41, 5.74) is 5.10. The maximum atomic E-state index is 11.6. The number of amides is 1. The van der Waals surface area contributed by atoms with Gasteiger partial charge in [-0.25, -0.2) is 5.43 Å². The number of hydrazone groups is 1. The highest BCUT2D eigenvalue weighted by Gasteiger charge is 2.01. The monoisotopic (exact) mass is 239 g/mol. The van der Waals surface area contributed by atoms with Gasteiger partial charge in [-0.15, -0.1) is 0 Å². The Balaban J connectivity index is 1.98. The third kappa shape index (κ3) is 3.25. The minimum absolute atomic E-state index is 0.249. The summed E-state index contributed by atoms with van der Waals surface area (Å²) < 4.78 is 0. The molecule has 1 N–H and O–H groups in total. The van der Waals surface area contributed by atoms with Crippen molar-refractivity contribution in [3.8, 4) is 0 Å². The molecule has 1 amide bonds. The van der Waals surface area contributed by atoms with E-state index in [0.717, 1.165) is 11.1 Å². The van der Waals surface area contributed by atoms with Crippen LogP contribution in [0.15, 0.2) is 53.9 Å². The summed E-state index contributed by atoms with van der Waals surface area (Å²) in [6.07, 6.45) is 4.75. The number of carbonyl (C=O) groups excluding carboxylic acids is 1. The molecule has 0 saturated heterocycles. The molecule has 4 nitrogen and oxygen atoms in total. The molecule has 2 aromatic rings. The molecule has 1 heterocycles. The van der Waals surface area contributed by atoms with E-state index < -0.39 is 0 Å². The average Bonchev–Trinajstić information content (AvgIpc) is 2.40. The van der Waals surface area contributed by atoms with Crippen LogP contribution in [0.2, 0.25) is 0 Å². The van der Waals surface area contributed by atoms with Crippen molar-refractivity contribution in [2.75, 3.05) is 0 Å². The van der Waals surface area contributed by atoms with Gasteiger partial charge >= 0.3 is 0 Å². The Morgan fingerprint density at radius 2 is 2.06 bits per heavy atom. The van der Waals surface area contributed by atoms with E-state index in [4.69, 9.17) is 0 Å². The predicted molar refractivity (Wildman–Crippen MR) is 70.5 cm³/mol. The molecule has 0 unspecified atom stereocenters. The number of rotatable bonds is 3. The van der Waals surface area contributed by atoms with E-state index in [1.54, 1.807) is 30.7 Å². The van der Waals surface area contributed by atoms with E-state index in [0.29, 0.717) is 5.56 Å². The molecule has 90 valence electrons. The zero-order chi connectivity index (χ0) is 12.8. The fraction of sp³-hybridized carbons (Fsp3) is 0.0714. The van der Waals surface area contributed by atoms with E-state index in [1.165, 1.54) is 0 Å². The molecular weight excluding hydrogens is 226 g/mol. The van der Waals surface area contributed by atoms with E-state index in [1.807, 2.05) is 31.2 Å². The predicted octanol–water partition coefficient (Wildman–Crippen LogP) is 2.15. The van der Waals surface area contributed by atoms with Gasteiger partial charge in [0.15, 0.2) is 0 Å². The smallest absolute Gasteiger partial charge is 0.267 e. The van der Waals surface area contributed by atoms with E-state index in [-0.39, 0.29) is 5.91 Å². The SMILES string of the molecule is Cc1cccc(C=NNC(=O)c2ccncc2)c1. The van der Waals surface area contributed by atoms with Gasteiger partial charge in [0.25, 0.3) is 5.91 Å². The first-order chi connectivity index (χ1) is 8.75. The highest BCUT2D eigenvalue weighted by molar-refractivity contribution is 5.94. The van der Waals surface area contributed by atoms with Crippen LogP contribution in [0.4, 0.5) is 0 Å². The number of benzene rings is 1. The number of nitrogens with zero attached hydrogens (tertiary/aromatic N) is 2. The first-order valence-corrected chi connectivity index (χ1v) is 5.56. The molecule has 1 aromatic carbocycles. The number of nitrogens with one attached hydrogen (secondary N) is 1. The lowest BCUT2D eigenvalue weighted by Gasteiger charge is -1.99. The van der Waals surface area contributed by atoms with Crippen molar-refractivity contribution in [1.29, 1.82) is 0 Å². The highest BCUT2D eigenvalue weighted by Crippen LogP contribution is 2.01. The standard InChI is InChI=1S/C14H13N3O/c1-11-3-2-4-12(9-11)10-16-17-14(18)13-5-7-15-8-6-13/h2-10H,1H3,(H,17,18). The molecule has 0 aliphatic carbocycles. The van der Waals surface area contributed by atoms with Crippen LogP contribution in [0.1, 0.15) is 21.5 Å². The Kier molecular flexibility index (Phi) is 3.81. The van der Waals surface area contributed by atoms with Crippen LogP contribution < -0.4 is 5.43 Å². The Morgan fingerprint density at radius 3 is 2.78 bits per heavy atom. The molecule has 0 aliphatic rings. The topological polar surface area (TPSA) is 54.4 Å². The normalized spacial score (nSPS) is 10.5. The molecule has 18 heavy (non-hydrogen) atoms. The second-order valence-electron chi connectivity index (χ2n) is 3.85. The van der Waals surface area contributed by atoms with E-state index in [2.05, 4.69) is 15.5 Å². The highest BCUT2D eigenvalue weighted by atomic mass is 16.2. The Labute approximate surface area is 105 Å². The second-order valence-corrected chi connectivity index (χ2v) is 3.85. The minimum Gasteiger partial charge on any atom is -0.267 e. The molecule has 0 aliphatic heterocycles. The third-order valence-corrected chi connectivity index (χ3v) is 2.36. The number of hydrogen-bond donors (Lipinski definition) is 1. The van der Waals surface area contributed by atoms with Gasteiger partial charge in [-0.3, -0.25) is 9.78 Å². The summed E-state index contributed by atoms with van der Waals surface area (Å²) in [5.74, 6) is -0.249. The van der Waals surface area contributed by atoms with Gasteiger partial charge in [-0.1, -0.05) is 29.8 Å².